The summed E-state index contributed by atoms with van der Waals surface area (Å²) in [6, 6.07) is 19.1. The molecule has 3 aromatic rings. The largest absolute Gasteiger partial charge is 0.459 e. The van der Waals surface area contributed by atoms with Crippen molar-refractivity contribution in [3.8, 4) is 0 Å². The Bertz CT molecular complexity index is 1610. The number of nitrogens with zero attached hydrogens (tertiary/aromatic N) is 4. The van der Waals surface area contributed by atoms with E-state index in [1.165, 1.54) is 29.2 Å². The van der Waals surface area contributed by atoms with Crippen molar-refractivity contribution in [1.29, 1.82) is 0 Å². The molecule has 47 heavy (non-hydrogen) atoms. The Morgan fingerprint density at radius 3 is 1.68 bits per heavy atom. The van der Waals surface area contributed by atoms with Crippen molar-refractivity contribution in [3.63, 3.8) is 0 Å². The third-order valence-corrected chi connectivity index (χ3v) is 5.88. The van der Waals surface area contributed by atoms with E-state index in [1.807, 2.05) is 32.9 Å². The van der Waals surface area contributed by atoms with Gasteiger partial charge in [-0.05, 0) is 64.8 Å². The molecule has 0 fully saturated rings. The van der Waals surface area contributed by atoms with Crippen molar-refractivity contribution in [1.82, 2.24) is 10.2 Å². The van der Waals surface area contributed by atoms with Gasteiger partial charge in [0, 0.05) is 30.8 Å². The Morgan fingerprint density at radius 1 is 0.766 bits per heavy atom. The van der Waals surface area contributed by atoms with Gasteiger partial charge in [-0.3, -0.25) is 24.5 Å². The lowest BCUT2D eigenvalue weighted by molar-refractivity contribution is -0.384. The van der Waals surface area contributed by atoms with Crippen LogP contribution in [0.15, 0.2) is 72.8 Å². The summed E-state index contributed by atoms with van der Waals surface area (Å²) >= 11 is 0. The molecular formula is C35H39N5O7. The van der Waals surface area contributed by atoms with Crippen LogP contribution in [0, 0.1) is 23.3 Å². The second-order valence-electron chi connectivity index (χ2n) is 12.3. The highest BCUT2D eigenvalue weighted by molar-refractivity contribution is 5.96. The van der Waals surface area contributed by atoms with E-state index in [-0.39, 0.29) is 36.9 Å². The number of benzene rings is 3. The molecule has 0 spiro atoms. The first kappa shape index (κ1) is 37.6. The topological polar surface area (TPSA) is 137 Å². The number of hydrogen-bond acceptors (Lipinski definition) is 8. The second kappa shape index (κ2) is 17.2. The van der Waals surface area contributed by atoms with E-state index in [0.29, 0.717) is 17.9 Å². The monoisotopic (exact) mass is 641 g/mol. The summed E-state index contributed by atoms with van der Waals surface area (Å²) in [4.78, 5) is 54.9. The summed E-state index contributed by atoms with van der Waals surface area (Å²) in [5.41, 5.74) is 1.79. The highest BCUT2D eigenvalue weighted by Crippen LogP contribution is 2.18. The zero-order chi connectivity index (χ0) is 35.2. The van der Waals surface area contributed by atoms with E-state index >= 15 is 0 Å². The van der Waals surface area contributed by atoms with Crippen LogP contribution in [0.25, 0.3) is 9.69 Å². The summed E-state index contributed by atoms with van der Waals surface area (Å²) < 4.78 is 10.5. The van der Waals surface area contributed by atoms with Gasteiger partial charge in [0.1, 0.15) is 17.7 Å². The maximum atomic E-state index is 13.0. The maximum Gasteiger partial charge on any atom is 0.326 e. The Hall–Kier alpha value is -5.59. The predicted molar refractivity (Wildman–Crippen MR) is 177 cm³/mol. The maximum absolute atomic E-state index is 13.0. The smallest absolute Gasteiger partial charge is 0.326 e. The number of rotatable bonds is 10. The first-order chi connectivity index (χ1) is 22.0. The Kier molecular flexibility index (Phi) is 13.8. The number of amides is 1. The fourth-order valence-electron chi connectivity index (χ4n) is 3.91. The van der Waals surface area contributed by atoms with E-state index in [1.54, 1.807) is 57.2 Å². The molecule has 0 unspecified atom stereocenters. The summed E-state index contributed by atoms with van der Waals surface area (Å²) in [5, 5.41) is 13.8. The molecule has 0 radical (unpaired) electrons. The molecule has 1 amide bonds. The molecule has 0 aliphatic carbocycles. The molecule has 12 heteroatoms. The first-order valence-electron chi connectivity index (χ1n) is 14.6. The molecule has 0 atom stereocenters. The summed E-state index contributed by atoms with van der Waals surface area (Å²) in [6.45, 7) is 25.2. The van der Waals surface area contributed by atoms with E-state index in [4.69, 9.17) is 22.6 Å². The average molecular weight is 642 g/mol. The normalized spacial score (nSPS) is 10.7. The molecule has 0 saturated heterocycles. The van der Waals surface area contributed by atoms with Crippen molar-refractivity contribution < 1.29 is 28.8 Å². The van der Waals surface area contributed by atoms with Crippen molar-refractivity contribution in [2.24, 2.45) is 0 Å². The van der Waals surface area contributed by atoms with Crippen LogP contribution in [0.2, 0.25) is 0 Å². The Balaban J connectivity index is 0.000000366. The highest BCUT2D eigenvalue weighted by atomic mass is 16.6. The standard InChI is InChI=1S/C21H21N3O5.C14H18N2O2/c1-21(2,3)29-19(25)14-23(13-15-5-9-17(22-4)10-6-15)20(26)16-7-11-18(12-8-16)24(27)28;1-14(2,3)18-13(17)10-16-9-11-5-7-12(15-4)8-6-11/h5-12H,13-14H2,1-3H3;5-8,16H,9-10H2,1-3H3. The number of nitro benzene ring substituents is 1. The minimum Gasteiger partial charge on any atom is -0.459 e. The minimum atomic E-state index is -0.698. The second-order valence-corrected chi connectivity index (χ2v) is 12.3. The molecular weight excluding hydrogens is 602 g/mol. The lowest BCUT2D eigenvalue weighted by Gasteiger charge is -2.25. The minimum absolute atomic E-state index is 0.118. The van der Waals surface area contributed by atoms with Crippen LogP contribution in [-0.2, 0) is 32.2 Å². The third kappa shape index (κ3) is 14.4. The van der Waals surface area contributed by atoms with Crippen LogP contribution in [0.3, 0.4) is 0 Å². The molecule has 246 valence electrons. The van der Waals surface area contributed by atoms with Gasteiger partial charge in [-0.1, -0.05) is 48.5 Å². The molecule has 0 bridgehead atoms. The van der Waals surface area contributed by atoms with Gasteiger partial charge in [-0.2, -0.15) is 0 Å². The van der Waals surface area contributed by atoms with Crippen molar-refractivity contribution in [2.45, 2.75) is 65.8 Å². The van der Waals surface area contributed by atoms with Gasteiger partial charge in [-0.25, -0.2) is 9.69 Å². The summed E-state index contributed by atoms with van der Waals surface area (Å²) in [6.07, 6.45) is 0. The predicted octanol–water partition coefficient (Wildman–Crippen LogP) is 6.80. The van der Waals surface area contributed by atoms with Gasteiger partial charge in [0.2, 0.25) is 0 Å². The molecule has 0 aliphatic rings. The van der Waals surface area contributed by atoms with Crippen LogP contribution in [0.4, 0.5) is 17.1 Å². The molecule has 3 aromatic carbocycles. The number of carbonyl (C=O) groups excluding carboxylic acids is 3. The first-order valence-corrected chi connectivity index (χ1v) is 14.6. The molecule has 1 N–H and O–H groups in total. The zero-order valence-corrected chi connectivity index (χ0v) is 27.4. The fourth-order valence-corrected chi connectivity index (χ4v) is 3.91. The molecule has 0 aromatic heterocycles. The van der Waals surface area contributed by atoms with Gasteiger partial charge in [0.25, 0.3) is 11.6 Å². The van der Waals surface area contributed by atoms with Crippen LogP contribution < -0.4 is 5.32 Å². The Morgan fingerprint density at radius 2 is 1.23 bits per heavy atom. The number of hydrogen-bond donors (Lipinski definition) is 1. The third-order valence-electron chi connectivity index (χ3n) is 5.88. The van der Waals surface area contributed by atoms with Gasteiger partial charge in [0.15, 0.2) is 11.4 Å². The van der Waals surface area contributed by atoms with Crippen LogP contribution in [0.5, 0.6) is 0 Å². The number of carbonyl (C=O) groups is 3. The van der Waals surface area contributed by atoms with Crippen LogP contribution in [-0.4, -0.2) is 52.0 Å². The quantitative estimate of drug-likeness (QED) is 0.111. The van der Waals surface area contributed by atoms with Crippen LogP contribution >= 0.6 is 0 Å². The van der Waals surface area contributed by atoms with Crippen molar-refractivity contribution >= 4 is 34.9 Å². The molecule has 0 heterocycles. The number of ether oxygens (including phenoxy) is 2. The van der Waals surface area contributed by atoms with Crippen molar-refractivity contribution in [2.75, 3.05) is 13.1 Å². The zero-order valence-electron chi connectivity index (χ0n) is 27.4. The van der Waals surface area contributed by atoms with E-state index in [0.717, 1.165) is 11.1 Å². The van der Waals surface area contributed by atoms with E-state index in [9.17, 15) is 24.5 Å². The van der Waals surface area contributed by atoms with Gasteiger partial charge in [-0.15, -0.1) is 0 Å². The Labute approximate surface area is 275 Å². The van der Waals surface area contributed by atoms with E-state index < -0.39 is 28.0 Å². The lowest BCUT2D eigenvalue weighted by atomic mass is 10.1. The highest BCUT2D eigenvalue weighted by Gasteiger charge is 2.24. The molecule has 3 rings (SSSR count). The lowest BCUT2D eigenvalue weighted by Crippen LogP contribution is -2.38. The molecule has 0 saturated carbocycles. The SMILES string of the molecule is [C-]#[N+]c1ccc(CN(CC(=O)OC(C)(C)C)C(=O)c2ccc([N+](=O)[O-])cc2)cc1.[C-]#[N+]c1ccc(CNCC(=O)OC(C)(C)C)cc1. The number of nitro groups is 1. The van der Waals surface area contributed by atoms with E-state index in [2.05, 4.69) is 15.0 Å². The van der Waals surface area contributed by atoms with Crippen LogP contribution in [0.1, 0.15) is 63.0 Å². The van der Waals surface area contributed by atoms with Crippen molar-refractivity contribution in [3.05, 3.63) is 122 Å². The van der Waals surface area contributed by atoms with Gasteiger partial charge in [0.05, 0.1) is 24.6 Å². The molecule has 12 nitrogen and oxygen atoms in total. The number of non-ortho nitro benzene ring substituents is 1. The number of nitrogens with one attached hydrogen (secondary N) is 1. The summed E-state index contributed by atoms with van der Waals surface area (Å²) in [7, 11) is 0. The number of esters is 2. The van der Waals surface area contributed by atoms with Gasteiger partial charge >= 0.3 is 11.9 Å². The summed E-state index contributed by atoms with van der Waals surface area (Å²) in [5.74, 6) is -1.29. The average Bonchev–Trinajstić information content (AvgIpc) is 2.99. The van der Waals surface area contributed by atoms with Gasteiger partial charge < -0.3 is 19.7 Å². The molecule has 0 aliphatic heterocycles. The fraction of sp³-hybridized carbons (Fsp3) is 0.343.